The third-order valence-electron chi connectivity index (χ3n) is 1.50. The molecule has 1 rings (SSSR count). The van der Waals surface area contributed by atoms with Gasteiger partial charge in [-0.1, -0.05) is 19.2 Å². The van der Waals surface area contributed by atoms with Gasteiger partial charge in [0.2, 0.25) is 0 Å². The molecule has 0 aliphatic carbocycles. The number of aryl methyl sites for hydroxylation is 1. The van der Waals surface area contributed by atoms with E-state index in [0.717, 1.165) is 0 Å². The molecule has 0 N–H and O–H groups in total. The zero-order valence-corrected chi connectivity index (χ0v) is 6.83. The first-order valence-corrected chi connectivity index (χ1v) is 3.45. The van der Waals surface area contributed by atoms with E-state index in [-0.39, 0.29) is 0 Å². The fourth-order valence-electron chi connectivity index (χ4n) is 0.947. The van der Waals surface area contributed by atoms with E-state index in [0.29, 0.717) is 17.0 Å². The van der Waals surface area contributed by atoms with Crippen LogP contribution in [0.2, 0.25) is 0 Å². The molecule has 0 saturated heterocycles. The van der Waals surface area contributed by atoms with Crippen LogP contribution in [0.4, 0.5) is 0 Å². The van der Waals surface area contributed by atoms with E-state index in [2.05, 4.69) is 18.1 Å². The van der Waals surface area contributed by atoms with Crippen LogP contribution in [0.3, 0.4) is 0 Å². The number of hydrogen-bond acceptors (Lipinski definition) is 3. The summed E-state index contributed by atoms with van der Waals surface area (Å²) in [5, 5.41) is 0. The van der Waals surface area contributed by atoms with Gasteiger partial charge in [-0.05, 0) is 13.0 Å². The summed E-state index contributed by atoms with van der Waals surface area (Å²) >= 11 is 0. The molecule has 0 atom stereocenters. The van der Waals surface area contributed by atoms with Crippen molar-refractivity contribution < 1.29 is 4.42 Å². The first-order chi connectivity index (χ1) is 5.69. The lowest BCUT2D eigenvalue weighted by atomic mass is 10.2. The highest BCUT2D eigenvalue weighted by Gasteiger charge is 2.04. The van der Waals surface area contributed by atoms with Crippen molar-refractivity contribution in [1.82, 2.24) is 4.98 Å². The SMILES string of the molecule is C=Cc1oc(=O)nc(C)c1C=C. The van der Waals surface area contributed by atoms with Crippen LogP contribution in [-0.4, -0.2) is 4.98 Å². The Labute approximate surface area is 70.1 Å². The van der Waals surface area contributed by atoms with Crippen LogP contribution >= 0.6 is 0 Å². The zero-order chi connectivity index (χ0) is 9.14. The van der Waals surface area contributed by atoms with Gasteiger partial charge in [-0.25, -0.2) is 4.79 Å². The molecular weight excluding hydrogens is 154 g/mol. The monoisotopic (exact) mass is 163 g/mol. The molecule has 3 heteroatoms. The summed E-state index contributed by atoms with van der Waals surface area (Å²) < 4.78 is 4.77. The fourth-order valence-corrected chi connectivity index (χ4v) is 0.947. The number of nitrogens with zero attached hydrogens (tertiary/aromatic N) is 1. The summed E-state index contributed by atoms with van der Waals surface area (Å²) in [7, 11) is 0. The number of hydrogen-bond donors (Lipinski definition) is 0. The first kappa shape index (κ1) is 8.46. The Morgan fingerprint density at radius 3 is 2.58 bits per heavy atom. The van der Waals surface area contributed by atoms with Gasteiger partial charge >= 0.3 is 5.76 Å². The molecule has 0 radical (unpaired) electrons. The van der Waals surface area contributed by atoms with Gasteiger partial charge in [-0.2, -0.15) is 4.98 Å². The van der Waals surface area contributed by atoms with Crippen molar-refractivity contribution in [2.24, 2.45) is 0 Å². The zero-order valence-electron chi connectivity index (χ0n) is 6.83. The van der Waals surface area contributed by atoms with Crippen molar-refractivity contribution in [2.75, 3.05) is 0 Å². The lowest BCUT2D eigenvalue weighted by molar-refractivity contribution is 0.470. The minimum Gasteiger partial charge on any atom is -0.408 e. The summed E-state index contributed by atoms with van der Waals surface area (Å²) in [6.45, 7) is 8.82. The predicted molar refractivity (Wildman–Crippen MR) is 47.7 cm³/mol. The van der Waals surface area contributed by atoms with Crippen molar-refractivity contribution >= 4 is 12.2 Å². The normalized spacial score (nSPS) is 9.42. The van der Waals surface area contributed by atoms with E-state index < -0.39 is 5.76 Å². The van der Waals surface area contributed by atoms with Gasteiger partial charge in [0, 0.05) is 5.56 Å². The Balaban J connectivity index is 3.53. The third-order valence-corrected chi connectivity index (χ3v) is 1.50. The van der Waals surface area contributed by atoms with Gasteiger partial charge in [0.15, 0.2) is 0 Å². The van der Waals surface area contributed by atoms with E-state index >= 15 is 0 Å². The maximum absolute atomic E-state index is 10.8. The van der Waals surface area contributed by atoms with Crippen LogP contribution in [-0.2, 0) is 0 Å². The number of aromatic nitrogens is 1. The van der Waals surface area contributed by atoms with Crippen LogP contribution in [0.5, 0.6) is 0 Å². The van der Waals surface area contributed by atoms with Crippen LogP contribution in [0.15, 0.2) is 22.4 Å². The topological polar surface area (TPSA) is 43.1 Å². The quantitative estimate of drug-likeness (QED) is 0.665. The summed E-state index contributed by atoms with van der Waals surface area (Å²) in [6, 6.07) is 0. The highest BCUT2D eigenvalue weighted by molar-refractivity contribution is 5.60. The minimum atomic E-state index is -0.604. The largest absolute Gasteiger partial charge is 0.439 e. The molecule has 1 aromatic rings. The van der Waals surface area contributed by atoms with Gasteiger partial charge in [0.25, 0.3) is 0 Å². The minimum absolute atomic E-state index is 0.419. The second-order valence-electron chi connectivity index (χ2n) is 2.25. The number of rotatable bonds is 2. The summed E-state index contributed by atoms with van der Waals surface area (Å²) in [5.74, 6) is -0.185. The fraction of sp³-hybridized carbons (Fsp3) is 0.111. The predicted octanol–water partition coefficient (Wildman–Crippen LogP) is 1.63. The molecule has 1 aromatic heterocycles. The van der Waals surface area contributed by atoms with Crippen molar-refractivity contribution in [3.05, 3.63) is 40.7 Å². The molecule has 0 unspecified atom stereocenters. The summed E-state index contributed by atoms with van der Waals surface area (Å²) in [4.78, 5) is 14.4. The first-order valence-electron chi connectivity index (χ1n) is 3.45. The van der Waals surface area contributed by atoms with Crippen LogP contribution in [0.25, 0.3) is 12.2 Å². The maximum atomic E-state index is 10.8. The molecule has 0 aromatic carbocycles. The van der Waals surface area contributed by atoms with Crippen LogP contribution in [0, 0.1) is 6.92 Å². The molecule has 62 valence electrons. The Morgan fingerprint density at radius 2 is 2.08 bits per heavy atom. The summed E-state index contributed by atoms with van der Waals surface area (Å²) in [6.07, 6.45) is 3.05. The third kappa shape index (κ3) is 1.34. The van der Waals surface area contributed by atoms with E-state index in [1.54, 1.807) is 13.0 Å². The molecule has 0 spiro atoms. The average molecular weight is 163 g/mol. The van der Waals surface area contributed by atoms with E-state index in [9.17, 15) is 4.79 Å². The Bertz CT molecular complexity index is 377. The average Bonchev–Trinajstić information content (AvgIpc) is 2.03. The highest BCUT2D eigenvalue weighted by atomic mass is 16.4. The lowest BCUT2D eigenvalue weighted by Gasteiger charge is -1.99. The molecule has 12 heavy (non-hydrogen) atoms. The molecule has 1 heterocycles. The molecule has 3 nitrogen and oxygen atoms in total. The second kappa shape index (κ2) is 3.17. The van der Waals surface area contributed by atoms with Crippen LogP contribution in [0.1, 0.15) is 17.0 Å². The Morgan fingerprint density at radius 1 is 1.42 bits per heavy atom. The molecule has 0 saturated carbocycles. The molecule has 0 aliphatic heterocycles. The van der Waals surface area contributed by atoms with Gasteiger partial charge < -0.3 is 4.42 Å². The smallest absolute Gasteiger partial charge is 0.408 e. The van der Waals surface area contributed by atoms with Gasteiger partial charge in [-0.15, -0.1) is 0 Å². The van der Waals surface area contributed by atoms with Crippen LogP contribution < -0.4 is 5.76 Å². The Hall–Kier alpha value is -1.64. The van der Waals surface area contributed by atoms with Crippen molar-refractivity contribution in [2.45, 2.75) is 6.92 Å². The van der Waals surface area contributed by atoms with E-state index in [1.165, 1.54) is 6.08 Å². The van der Waals surface area contributed by atoms with Gasteiger partial charge in [-0.3, -0.25) is 0 Å². The lowest BCUT2D eigenvalue weighted by Crippen LogP contribution is -2.08. The molecule has 0 aliphatic rings. The Kier molecular flexibility index (Phi) is 2.24. The summed E-state index contributed by atoms with van der Waals surface area (Å²) in [5.41, 5.74) is 1.32. The van der Waals surface area contributed by atoms with Crippen molar-refractivity contribution in [1.29, 1.82) is 0 Å². The molecule has 0 bridgehead atoms. The highest BCUT2D eigenvalue weighted by Crippen LogP contribution is 2.11. The maximum Gasteiger partial charge on any atom is 0.439 e. The van der Waals surface area contributed by atoms with Crippen molar-refractivity contribution in [3.8, 4) is 0 Å². The van der Waals surface area contributed by atoms with Gasteiger partial charge in [0.1, 0.15) is 5.76 Å². The molecular formula is C9H9NO2. The van der Waals surface area contributed by atoms with Crippen molar-refractivity contribution in [3.63, 3.8) is 0 Å². The second-order valence-corrected chi connectivity index (χ2v) is 2.25. The molecule has 0 fully saturated rings. The standard InChI is InChI=1S/C9H9NO2/c1-4-7-6(3)10-9(11)12-8(7)5-2/h4-5H,1-2H2,3H3. The molecule has 0 amide bonds. The van der Waals surface area contributed by atoms with Gasteiger partial charge in [0.05, 0.1) is 5.69 Å². The van der Waals surface area contributed by atoms with E-state index in [4.69, 9.17) is 4.42 Å². The van der Waals surface area contributed by atoms with E-state index in [1.807, 2.05) is 0 Å².